The van der Waals surface area contributed by atoms with Crippen molar-refractivity contribution in [2.45, 2.75) is 84.6 Å². The lowest BCUT2D eigenvalue weighted by Gasteiger charge is -2.28. The molecule has 1 amide bonds. The molecule has 0 spiro atoms. The monoisotopic (exact) mass is 563 g/mol. The van der Waals surface area contributed by atoms with Crippen molar-refractivity contribution in [3.8, 4) is 0 Å². The summed E-state index contributed by atoms with van der Waals surface area (Å²) in [6.07, 6.45) is 12.5. The molecule has 1 aliphatic carbocycles. The van der Waals surface area contributed by atoms with Crippen LogP contribution in [0.1, 0.15) is 83.3 Å². The zero-order valence-corrected chi connectivity index (χ0v) is 25.1. The van der Waals surface area contributed by atoms with Crippen molar-refractivity contribution in [1.82, 2.24) is 5.32 Å². The van der Waals surface area contributed by atoms with Gasteiger partial charge in [0, 0.05) is 38.5 Å². The molecule has 1 fully saturated rings. The molecule has 1 aliphatic rings. The molecule has 0 saturated heterocycles. The number of hydrogen-bond acceptors (Lipinski definition) is 6. The molecule has 9 heteroatoms. The van der Waals surface area contributed by atoms with Crippen molar-refractivity contribution in [1.29, 1.82) is 0 Å². The fraction of sp³-hybridized carbons (Fsp3) is 0.667. The second-order valence-electron chi connectivity index (χ2n) is 10.1. The van der Waals surface area contributed by atoms with Gasteiger partial charge in [0.2, 0.25) is 0 Å². The van der Waals surface area contributed by atoms with E-state index in [9.17, 15) is 9.59 Å². The summed E-state index contributed by atoms with van der Waals surface area (Å²) in [6, 6.07) is 8.83. The van der Waals surface area contributed by atoms with Gasteiger partial charge >= 0.3 is 20.9 Å². The van der Waals surface area contributed by atoms with Crippen LogP contribution in [0, 0.1) is 11.8 Å². The third-order valence-electron chi connectivity index (χ3n) is 7.22. The van der Waals surface area contributed by atoms with Crippen LogP contribution in [0.2, 0.25) is 6.04 Å². The van der Waals surface area contributed by atoms with Crippen molar-refractivity contribution in [3.63, 3.8) is 0 Å². The second-order valence-corrected chi connectivity index (χ2v) is 12.9. The average molecular weight is 564 g/mol. The summed E-state index contributed by atoms with van der Waals surface area (Å²) in [4.78, 5) is 22.7. The maximum Gasteiger partial charge on any atom is 0.500 e. The maximum atomic E-state index is 12.1. The van der Waals surface area contributed by atoms with E-state index < -0.39 is 14.8 Å². The molecule has 1 saturated carbocycles. The molecule has 39 heavy (non-hydrogen) atoms. The summed E-state index contributed by atoms with van der Waals surface area (Å²) in [6.45, 7) is 8.44. The van der Waals surface area contributed by atoms with Gasteiger partial charge in [-0.1, -0.05) is 49.9 Å². The Hall–Kier alpha value is -2.20. The lowest BCUT2D eigenvalue weighted by atomic mass is 9.78. The maximum absolute atomic E-state index is 12.1. The Kier molecular flexibility index (Phi) is 16.1. The third-order valence-corrected chi connectivity index (χ3v) is 10.4. The number of nitrogens with one attached hydrogen (secondary N) is 1. The number of ether oxygens (including phenoxy) is 1. The molecule has 0 heterocycles. The van der Waals surface area contributed by atoms with Gasteiger partial charge in [-0.25, -0.2) is 9.59 Å². The summed E-state index contributed by atoms with van der Waals surface area (Å²) >= 11 is 0. The molecule has 0 atom stereocenters. The first-order valence-corrected chi connectivity index (χ1v) is 16.6. The van der Waals surface area contributed by atoms with Gasteiger partial charge < -0.3 is 28.4 Å². The van der Waals surface area contributed by atoms with Gasteiger partial charge in [0.05, 0.1) is 6.61 Å². The van der Waals surface area contributed by atoms with Gasteiger partial charge in [0.25, 0.3) is 0 Å². The van der Waals surface area contributed by atoms with E-state index in [-0.39, 0.29) is 6.09 Å². The zero-order chi connectivity index (χ0) is 28.3. The highest BCUT2D eigenvalue weighted by Crippen LogP contribution is 2.34. The van der Waals surface area contributed by atoms with Crippen LogP contribution in [-0.2, 0) is 29.2 Å². The van der Waals surface area contributed by atoms with Gasteiger partial charge in [-0.15, -0.1) is 0 Å². The summed E-state index contributed by atoms with van der Waals surface area (Å²) < 4.78 is 22.9. The van der Waals surface area contributed by atoms with E-state index in [2.05, 4.69) is 17.4 Å². The van der Waals surface area contributed by atoms with E-state index >= 15 is 0 Å². The number of carboxylic acids is 1. The number of amides is 1. The first-order chi connectivity index (χ1) is 18.9. The van der Waals surface area contributed by atoms with Gasteiger partial charge in [-0.05, 0) is 81.9 Å². The van der Waals surface area contributed by atoms with E-state index in [0.29, 0.717) is 39.0 Å². The molecule has 0 unspecified atom stereocenters. The number of benzene rings is 1. The highest BCUT2D eigenvalue weighted by atomic mass is 28.4. The SMILES string of the molecule is CCO[Si](CCCNC(=O)OCCC[C@H]1CC[C@H](CCc2ccc(/C=C/C(=O)O)cc2)CC1)(OCC)OCC. The van der Waals surface area contributed by atoms with Crippen molar-refractivity contribution in [2.24, 2.45) is 11.8 Å². The van der Waals surface area contributed by atoms with Crippen LogP contribution in [0.4, 0.5) is 4.79 Å². The molecule has 0 bridgehead atoms. The molecule has 2 rings (SSSR count). The number of hydrogen-bond donors (Lipinski definition) is 2. The van der Waals surface area contributed by atoms with Crippen LogP contribution in [-0.4, -0.2) is 58.9 Å². The Bertz CT molecular complexity index is 836. The van der Waals surface area contributed by atoms with Crippen LogP contribution in [0.5, 0.6) is 0 Å². The molecule has 1 aromatic rings. The number of rotatable bonds is 19. The van der Waals surface area contributed by atoms with E-state index in [0.717, 1.165) is 43.1 Å². The summed E-state index contributed by atoms with van der Waals surface area (Å²) in [5.74, 6) is 0.563. The summed E-state index contributed by atoms with van der Waals surface area (Å²) in [5.41, 5.74) is 2.22. The minimum Gasteiger partial charge on any atom is -0.478 e. The standard InChI is InChI=1S/C30H49NO7Si/c1-4-36-39(37-5-2,38-6-3)24-8-22-31-30(34)35-23-7-9-25-10-12-26(13-11-25)14-15-27-16-18-28(19-17-27)20-21-29(32)33/h16-21,25-26H,4-15,22-24H2,1-3H3,(H,31,34)(H,32,33)/b21-20+/t25-,26-. The predicted molar refractivity (Wildman–Crippen MR) is 156 cm³/mol. The molecule has 1 aromatic carbocycles. The van der Waals surface area contributed by atoms with Crippen molar-refractivity contribution < 1.29 is 32.7 Å². The smallest absolute Gasteiger partial charge is 0.478 e. The first kappa shape index (κ1) is 33.0. The average Bonchev–Trinajstić information content (AvgIpc) is 2.93. The number of carbonyl (C=O) groups is 2. The second kappa shape index (κ2) is 19.0. The Morgan fingerprint density at radius 1 is 0.923 bits per heavy atom. The first-order valence-electron chi connectivity index (χ1n) is 14.7. The minimum absolute atomic E-state index is 0.360. The van der Waals surface area contributed by atoms with Crippen LogP contribution in [0.15, 0.2) is 30.3 Å². The number of alkyl carbamates (subject to hydrolysis) is 1. The van der Waals surface area contributed by atoms with Crippen LogP contribution in [0.3, 0.4) is 0 Å². The molecule has 0 radical (unpaired) electrons. The summed E-state index contributed by atoms with van der Waals surface area (Å²) in [5, 5.41) is 11.6. The number of carbonyl (C=O) groups excluding carboxylic acids is 1. The van der Waals surface area contributed by atoms with Gasteiger partial charge in [0.1, 0.15) is 0 Å². The minimum atomic E-state index is -2.66. The quantitative estimate of drug-likeness (QED) is 0.113. The third kappa shape index (κ3) is 13.6. The Labute approximate surface area is 235 Å². The molecule has 0 aromatic heterocycles. The molecule has 2 N–H and O–H groups in total. The number of aryl methyl sites for hydroxylation is 1. The molecule has 0 aliphatic heterocycles. The fourth-order valence-electron chi connectivity index (χ4n) is 5.23. The van der Waals surface area contributed by atoms with E-state index in [1.807, 2.05) is 32.9 Å². The zero-order valence-electron chi connectivity index (χ0n) is 24.1. The summed E-state index contributed by atoms with van der Waals surface area (Å²) in [7, 11) is -2.66. The molecular weight excluding hydrogens is 514 g/mol. The predicted octanol–water partition coefficient (Wildman–Crippen LogP) is 6.47. The van der Waals surface area contributed by atoms with Crippen molar-refractivity contribution in [3.05, 3.63) is 41.5 Å². The van der Waals surface area contributed by atoms with Crippen molar-refractivity contribution >= 4 is 26.9 Å². The Morgan fingerprint density at radius 2 is 1.51 bits per heavy atom. The highest BCUT2D eigenvalue weighted by Gasteiger charge is 2.39. The molecule has 220 valence electrons. The lowest BCUT2D eigenvalue weighted by molar-refractivity contribution is -0.131. The Morgan fingerprint density at radius 3 is 2.08 bits per heavy atom. The molecule has 8 nitrogen and oxygen atoms in total. The fourth-order valence-corrected chi connectivity index (χ4v) is 7.84. The Balaban J connectivity index is 1.53. The molecular formula is C30H49NO7Si. The van der Waals surface area contributed by atoms with Crippen molar-refractivity contribution in [2.75, 3.05) is 33.0 Å². The lowest BCUT2D eigenvalue weighted by Crippen LogP contribution is -2.46. The van der Waals surface area contributed by atoms with Crippen LogP contribution in [0.25, 0.3) is 6.08 Å². The normalized spacial score (nSPS) is 17.8. The largest absolute Gasteiger partial charge is 0.500 e. The van der Waals surface area contributed by atoms with Crippen LogP contribution < -0.4 is 5.32 Å². The van der Waals surface area contributed by atoms with E-state index in [1.54, 1.807) is 6.08 Å². The van der Waals surface area contributed by atoms with Gasteiger partial charge in [0.15, 0.2) is 0 Å². The van der Waals surface area contributed by atoms with Crippen LogP contribution >= 0.6 is 0 Å². The van der Waals surface area contributed by atoms with E-state index in [1.165, 1.54) is 43.7 Å². The topological polar surface area (TPSA) is 103 Å². The number of aliphatic carboxylic acids is 1. The highest BCUT2D eigenvalue weighted by molar-refractivity contribution is 6.60. The van der Waals surface area contributed by atoms with Gasteiger partial charge in [-0.3, -0.25) is 0 Å². The van der Waals surface area contributed by atoms with E-state index in [4.69, 9.17) is 23.1 Å². The van der Waals surface area contributed by atoms with Gasteiger partial charge in [-0.2, -0.15) is 0 Å². The number of carboxylic acid groups (broad SMARTS) is 1.